The van der Waals surface area contributed by atoms with Crippen LogP contribution in [0.1, 0.15) is 31.7 Å². The third kappa shape index (κ3) is 8.57. The molecule has 0 heterocycles. The van der Waals surface area contributed by atoms with Crippen LogP contribution in [0.3, 0.4) is 0 Å². The van der Waals surface area contributed by atoms with Crippen LogP contribution in [0.25, 0.3) is 0 Å². The molecule has 120 valence electrons. The van der Waals surface area contributed by atoms with E-state index < -0.39 is 0 Å². The van der Waals surface area contributed by atoms with Crippen molar-refractivity contribution in [3.63, 3.8) is 0 Å². The quantitative estimate of drug-likeness (QED) is 0.610. The minimum absolute atomic E-state index is 0.464. The lowest BCUT2D eigenvalue weighted by atomic mass is 9.96. The maximum atomic E-state index is 5.74. The fraction of sp³-hybridized carbons (Fsp3) is 0.647. The van der Waals surface area contributed by atoms with Gasteiger partial charge in [0.2, 0.25) is 0 Å². The lowest BCUT2D eigenvalue weighted by Crippen LogP contribution is -2.26. The maximum absolute atomic E-state index is 5.74. The van der Waals surface area contributed by atoms with Gasteiger partial charge < -0.3 is 14.8 Å². The van der Waals surface area contributed by atoms with Gasteiger partial charge in [0.25, 0.3) is 0 Å². The number of ether oxygens (including phenoxy) is 2. The van der Waals surface area contributed by atoms with E-state index in [1.165, 1.54) is 5.56 Å². The Morgan fingerprint density at radius 2 is 2.05 bits per heavy atom. The van der Waals surface area contributed by atoms with E-state index in [1.807, 2.05) is 0 Å². The van der Waals surface area contributed by atoms with Gasteiger partial charge in [-0.25, -0.2) is 0 Å². The van der Waals surface area contributed by atoms with Crippen LogP contribution in [0, 0.1) is 5.92 Å². The maximum Gasteiger partial charge on any atom is 0.0587 e. The van der Waals surface area contributed by atoms with Crippen molar-refractivity contribution in [2.24, 2.45) is 5.92 Å². The highest BCUT2D eigenvalue weighted by atomic mass is 79.9. The topological polar surface area (TPSA) is 30.5 Å². The van der Waals surface area contributed by atoms with Crippen molar-refractivity contribution in [2.75, 3.05) is 40.0 Å². The molecule has 0 radical (unpaired) electrons. The number of halogens is 1. The second-order valence-electron chi connectivity index (χ2n) is 5.71. The molecular weight excluding hydrogens is 330 g/mol. The van der Waals surface area contributed by atoms with Crippen molar-refractivity contribution in [1.29, 1.82) is 0 Å². The molecule has 0 amide bonds. The molecular formula is C17H28BrNO2. The summed E-state index contributed by atoms with van der Waals surface area (Å²) < 4.78 is 11.9. The first-order chi connectivity index (χ1) is 10.1. The molecule has 1 aromatic carbocycles. The molecule has 0 aromatic heterocycles. The number of nitrogens with one attached hydrogen (secondary N) is 1. The summed E-state index contributed by atoms with van der Waals surface area (Å²) in [6, 6.07) is 8.55. The zero-order valence-corrected chi connectivity index (χ0v) is 15.0. The third-order valence-corrected chi connectivity index (χ3v) is 3.75. The van der Waals surface area contributed by atoms with E-state index in [0.29, 0.717) is 11.8 Å². The van der Waals surface area contributed by atoms with E-state index in [0.717, 1.165) is 43.8 Å². The van der Waals surface area contributed by atoms with Crippen LogP contribution in [0.2, 0.25) is 0 Å². The average Bonchev–Trinajstić information content (AvgIpc) is 2.45. The monoisotopic (exact) mass is 357 g/mol. The molecule has 4 heteroatoms. The predicted octanol–water partition coefficient (Wildman–Crippen LogP) is 3.83. The molecule has 1 atom stereocenters. The van der Waals surface area contributed by atoms with Crippen LogP contribution in [0.5, 0.6) is 0 Å². The van der Waals surface area contributed by atoms with E-state index in [9.17, 15) is 0 Å². The zero-order chi connectivity index (χ0) is 15.5. The van der Waals surface area contributed by atoms with Crippen molar-refractivity contribution in [2.45, 2.75) is 26.2 Å². The lowest BCUT2D eigenvalue weighted by molar-refractivity contribution is 0.103. The van der Waals surface area contributed by atoms with Crippen molar-refractivity contribution in [1.82, 2.24) is 5.32 Å². The minimum atomic E-state index is 0.464. The fourth-order valence-corrected chi connectivity index (χ4v) is 2.56. The first kappa shape index (κ1) is 18.6. The van der Waals surface area contributed by atoms with Crippen LogP contribution >= 0.6 is 15.9 Å². The summed E-state index contributed by atoms with van der Waals surface area (Å²) in [4.78, 5) is 0. The second kappa shape index (κ2) is 11.2. The van der Waals surface area contributed by atoms with Crippen molar-refractivity contribution in [3.05, 3.63) is 34.3 Å². The molecule has 1 aromatic rings. The van der Waals surface area contributed by atoms with E-state index in [1.54, 1.807) is 7.11 Å². The Balaban J connectivity index is 2.49. The molecule has 0 bridgehead atoms. The Hall–Kier alpha value is -0.420. The molecule has 21 heavy (non-hydrogen) atoms. The van der Waals surface area contributed by atoms with Crippen LogP contribution in [0.15, 0.2) is 28.7 Å². The Kier molecular flexibility index (Phi) is 9.92. The SMILES string of the molecule is COCCNCC(CCOCC(C)C)c1cccc(Br)c1. The minimum Gasteiger partial charge on any atom is -0.383 e. The largest absolute Gasteiger partial charge is 0.383 e. The van der Waals surface area contributed by atoms with Gasteiger partial charge in [-0.15, -0.1) is 0 Å². The summed E-state index contributed by atoms with van der Waals surface area (Å²) in [6.45, 7) is 8.58. The van der Waals surface area contributed by atoms with Crippen LogP contribution in [0.4, 0.5) is 0 Å². The Morgan fingerprint density at radius 1 is 1.24 bits per heavy atom. The van der Waals surface area contributed by atoms with Gasteiger partial charge in [0.1, 0.15) is 0 Å². The highest BCUT2D eigenvalue weighted by Crippen LogP contribution is 2.22. The molecule has 1 unspecified atom stereocenters. The summed E-state index contributed by atoms with van der Waals surface area (Å²) in [5.74, 6) is 1.06. The van der Waals surface area contributed by atoms with Gasteiger partial charge in [0.05, 0.1) is 6.61 Å². The van der Waals surface area contributed by atoms with Gasteiger partial charge in [-0.05, 0) is 36.0 Å². The normalized spacial score (nSPS) is 12.8. The number of hydrogen-bond acceptors (Lipinski definition) is 3. The zero-order valence-electron chi connectivity index (χ0n) is 13.4. The summed E-state index contributed by atoms with van der Waals surface area (Å²) in [7, 11) is 1.73. The van der Waals surface area contributed by atoms with Crippen LogP contribution in [-0.4, -0.2) is 40.0 Å². The summed E-state index contributed by atoms with van der Waals surface area (Å²) in [5.41, 5.74) is 1.35. The second-order valence-corrected chi connectivity index (χ2v) is 6.62. The van der Waals surface area contributed by atoms with E-state index in [2.05, 4.69) is 59.4 Å². The predicted molar refractivity (Wildman–Crippen MR) is 91.9 cm³/mol. The van der Waals surface area contributed by atoms with E-state index in [-0.39, 0.29) is 0 Å². The molecule has 3 nitrogen and oxygen atoms in total. The number of methoxy groups -OCH3 is 1. The molecule has 1 rings (SSSR count). The third-order valence-electron chi connectivity index (χ3n) is 3.26. The summed E-state index contributed by atoms with van der Waals surface area (Å²) in [5, 5.41) is 3.46. The van der Waals surface area contributed by atoms with Crippen molar-refractivity contribution < 1.29 is 9.47 Å². The highest BCUT2D eigenvalue weighted by molar-refractivity contribution is 9.10. The number of hydrogen-bond donors (Lipinski definition) is 1. The van der Waals surface area contributed by atoms with Gasteiger partial charge >= 0.3 is 0 Å². The van der Waals surface area contributed by atoms with Crippen LogP contribution in [-0.2, 0) is 9.47 Å². The van der Waals surface area contributed by atoms with Gasteiger partial charge in [-0.1, -0.05) is 41.9 Å². The summed E-state index contributed by atoms with van der Waals surface area (Å²) in [6.07, 6.45) is 1.03. The number of rotatable bonds is 11. The van der Waals surface area contributed by atoms with Gasteiger partial charge in [0.15, 0.2) is 0 Å². The lowest BCUT2D eigenvalue weighted by Gasteiger charge is -2.19. The van der Waals surface area contributed by atoms with Gasteiger partial charge in [-0.2, -0.15) is 0 Å². The molecule has 0 saturated carbocycles. The Morgan fingerprint density at radius 3 is 2.71 bits per heavy atom. The Labute approximate surface area is 137 Å². The van der Waals surface area contributed by atoms with Gasteiger partial charge in [0, 0.05) is 37.9 Å². The van der Waals surface area contributed by atoms with Crippen molar-refractivity contribution in [3.8, 4) is 0 Å². The smallest absolute Gasteiger partial charge is 0.0587 e. The van der Waals surface area contributed by atoms with Crippen molar-refractivity contribution >= 4 is 15.9 Å². The van der Waals surface area contributed by atoms with E-state index >= 15 is 0 Å². The first-order valence-corrected chi connectivity index (χ1v) is 8.45. The molecule has 0 aliphatic carbocycles. The fourth-order valence-electron chi connectivity index (χ4n) is 2.14. The standard InChI is InChI=1S/C17H28BrNO2/c1-14(2)13-21-9-7-16(12-19-8-10-20-3)15-5-4-6-17(18)11-15/h4-6,11,14,16,19H,7-10,12-13H2,1-3H3. The Bertz CT molecular complexity index is 385. The molecule has 1 N–H and O–H groups in total. The van der Waals surface area contributed by atoms with Crippen LogP contribution < -0.4 is 5.32 Å². The van der Waals surface area contributed by atoms with Gasteiger partial charge in [-0.3, -0.25) is 0 Å². The molecule has 0 aliphatic heterocycles. The first-order valence-electron chi connectivity index (χ1n) is 7.66. The van der Waals surface area contributed by atoms with E-state index in [4.69, 9.17) is 9.47 Å². The molecule has 0 fully saturated rings. The molecule has 0 spiro atoms. The average molecular weight is 358 g/mol. The summed E-state index contributed by atoms with van der Waals surface area (Å²) >= 11 is 3.55. The molecule has 0 aliphatic rings. The molecule has 0 saturated heterocycles. The highest BCUT2D eigenvalue weighted by Gasteiger charge is 2.12. The number of benzene rings is 1.